The number of halogens is 1. The van der Waals surface area contributed by atoms with Gasteiger partial charge in [-0.3, -0.25) is 9.82 Å². The standard InChI is InChI=1S/C17H22IN3O3/c1-17(2,3)24-16(22)21-7-6-20(8-9-23-21)12-10-13-14(18)4-5-15(13)19-11-12/h4,10-11H,5-9H2,1-3H3. The van der Waals surface area contributed by atoms with Gasteiger partial charge in [0.1, 0.15) is 5.60 Å². The highest BCUT2D eigenvalue weighted by Crippen LogP contribution is 2.33. The van der Waals surface area contributed by atoms with Gasteiger partial charge in [0.25, 0.3) is 0 Å². The Morgan fingerprint density at radius 2 is 2.12 bits per heavy atom. The SMILES string of the molecule is CC(C)(C)OC(=O)N1CCN(c2cnc3c(c2)C(I)=CC3)CCO1. The van der Waals surface area contributed by atoms with Gasteiger partial charge in [-0.25, -0.2) is 4.79 Å². The monoisotopic (exact) mass is 443 g/mol. The number of allylic oxidation sites excluding steroid dienone is 1. The maximum atomic E-state index is 12.1. The summed E-state index contributed by atoms with van der Waals surface area (Å²) in [6, 6.07) is 2.18. The van der Waals surface area contributed by atoms with Crippen molar-refractivity contribution in [3.63, 3.8) is 0 Å². The lowest BCUT2D eigenvalue weighted by atomic mass is 10.2. The number of carbonyl (C=O) groups excluding carboxylic acids is 1. The van der Waals surface area contributed by atoms with Crippen molar-refractivity contribution in [2.24, 2.45) is 0 Å². The van der Waals surface area contributed by atoms with Gasteiger partial charge >= 0.3 is 6.09 Å². The lowest BCUT2D eigenvalue weighted by Crippen LogP contribution is -2.38. The van der Waals surface area contributed by atoms with E-state index in [1.54, 1.807) is 0 Å². The fraction of sp³-hybridized carbons (Fsp3) is 0.529. The average Bonchev–Trinajstić information content (AvgIpc) is 2.73. The van der Waals surface area contributed by atoms with E-state index in [0.717, 1.165) is 17.8 Å². The first-order valence-corrected chi connectivity index (χ1v) is 9.15. The number of pyridine rings is 1. The zero-order valence-corrected chi connectivity index (χ0v) is 16.4. The van der Waals surface area contributed by atoms with Gasteiger partial charge in [0.15, 0.2) is 0 Å². The summed E-state index contributed by atoms with van der Waals surface area (Å²) in [5.41, 5.74) is 2.87. The Kier molecular flexibility index (Phi) is 5.00. The Bertz CT molecular complexity index is 670. The van der Waals surface area contributed by atoms with Gasteiger partial charge in [0.2, 0.25) is 0 Å². The van der Waals surface area contributed by atoms with Crippen LogP contribution >= 0.6 is 22.6 Å². The minimum Gasteiger partial charge on any atom is -0.442 e. The van der Waals surface area contributed by atoms with Crippen LogP contribution in [0.15, 0.2) is 18.3 Å². The molecule has 1 aromatic rings. The van der Waals surface area contributed by atoms with Crippen molar-refractivity contribution in [1.29, 1.82) is 0 Å². The first-order valence-electron chi connectivity index (χ1n) is 8.07. The summed E-state index contributed by atoms with van der Waals surface area (Å²) in [5.74, 6) is 0. The fourth-order valence-corrected chi connectivity index (χ4v) is 3.37. The second kappa shape index (κ2) is 6.87. The van der Waals surface area contributed by atoms with Crippen LogP contribution in [0.25, 0.3) is 3.58 Å². The summed E-state index contributed by atoms with van der Waals surface area (Å²) in [4.78, 5) is 24.5. The first kappa shape index (κ1) is 17.5. The van der Waals surface area contributed by atoms with Crippen molar-refractivity contribution in [3.8, 4) is 0 Å². The van der Waals surface area contributed by atoms with E-state index in [1.165, 1.54) is 14.2 Å². The molecular formula is C17H22IN3O3. The third-order valence-corrected chi connectivity index (χ3v) is 4.85. The van der Waals surface area contributed by atoms with E-state index in [1.807, 2.05) is 27.0 Å². The number of fused-ring (bicyclic) bond motifs is 1. The van der Waals surface area contributed by atoms with Crippen LogP contribution in [-0.4, -0.2) is 48.0 Å². The summed E-state index contributed by atoms with van der Waals surface area (Å²) in [7, 11) is 0. The molecule has 0 spiro atoms. The number of aromatic nitrogens is 1. The molecule has 1 aromatic heterocycles. The molecule has 24 heavy (non-hydrogen) atoms. The van der Waals surface area contributed by atoms with Gasteiger partial charge < -0.3 is 9.64 Å². The number of hydroxylamine groups is 2. The van der Waals surface area contributed by atoms with E-state index in [2.05, 4.69) is 44.6 Å². The van der Waals surface area contributed by atoms with Gasteiger partial charge in [-0.05, 0) is 49.4 Å². The van der Waals surface area contributed by atoms with E-state index >= 15 is 0 Å². The summed E-state index contributed by atoms with van der Waals surface area (Å²) < 4.78 is 6.62. The van der Waals surface area contributed by atoms with E-state index in [9.17, 15) is 4.79 Å². The van der Waals surface area contributed by atoms with E-state index in [4.69, 9.17) is 9.57 Å². The van der Waals surface area contributed by atoms with E-state index in [-0.39, 0.29) is 0 Å². The van der Waals surface area contributed by atoms with Crippen LogP contribution in [0.3, 0.4) is 0 Å². The Labute approximate surface area is 155 Å². The second-order valence-electron chi connectivity index (χ2n) is 6.85. The minimum absolute atomic E-state index is 0.434. The summed E-state index contributed by atoms with van der Waals surface area (Å²) >= 11 is 2.35. The average molecular weight is 443 g/mol. The van der Waals surface area contributed by atoms with Crippen molar-refractivity contribution < 1.29 is 14.4 Å². The van der Waals surface area contributed by atoms with Crippen LogP contribution < -0.4 is 4.90 Å². The molecule has 0 atom stereocenters. The number of ether oxygens (including phenoxy) is 1. The van der Waals surface area contributed by atoms with Gasteiger partial charge in [-0.1, -0.05) is 6.08 Å². The van der Waals surface area contributed by atoms with Gasteiger partial charge in [-0.2, -0.15) is 5.06 Å². The minimum atomic E-state index is -0.528. The highest BCUT2D eigenvalue weighted by Gasteiger charge is 2.26. The quantitative estimate of drug-likeness (QED) is 0.623. The molecule has 130 valence electrons. The molecule has 6 nitrogen and oxygen atoms in total. The first-order chi connectivity index (χ1) is 11.3. The van der Waals surface area contributed by atoms with Crippen molar-refractivity contribution in [1.82, 2.24) is 10.0 Å². The molecule has 2 aliphatic rings. The molecule has 0 N–H and O–H groups in total. The van der Waals surface area contributed by atoms with E-state index in [0.29, 0.717) is 26.2 Å². The Hall–Kier alpha value is -1.35. The number of nitrogens with zero attached hydrogens (tertiary/aromatic N) is 3. The van der Waals surface area contributed by atoms with Crippen LogP contribution in [0.4, 0.5) is 10.5 Å². The Balaban J connectivity index is 1.67. The van der Waals surface area contributed by atoms with Crippen molar-refractivity contribution >= 4 is 38.0 Å². The summed E-state index contributed by atoms with van der Waals surface area (Å²) in [5, 5.41) is 1.32. The molecule has 1 aliphatic heterocycles. The van der Waals surface area contributed by atoms with Gasteiger partial charge in [-0.15, -0.1) is 0 Å². The molecular weight excluding hydrogens is 421 g/mol. The molecule has 1 aliphatic carbocycles. The molecule has 0 radical (unpaired) electrons. The van der Waals surface area contributed by atoms with Crippen LogP contribution in [0, 0.1) is 0 Å². The number of hydrogen-bond acceptors (Lipinski definition) is 5. The predicted molar refractivity (Wildman–Crippen MR) is 101 cm³/mol. The highest BCUT2D eigenvalue weighted by molar-refractivity contribution is 14.1. The zero-order valence-electron chi connectivity index (χ0n) is 14.2. The molecule has 2 heterocycles. The van der Waals surface area contributed by atoms with Crippen LogP contribution in [-0.2, 0) is 16.0 Å². The lowest BCUT2D eigenvalue weighted by molar-refractivity contribution is -0.137. The molecule has 0 bridgehead atoms. The molecule has 0 unspecified atom stereocenters. The smallest absolute Gasteiger partial charge is 0.434 e. The Morgan fingerprint density at radius 3 is 2.88 bits per heavy atom. The van der Waals surface area contributed by atoms with Crippen LogP contribution in [0.2, 0.25) is 0 Å². The molecule has 0 aromatic carbocycles. The number of anilines is 1. The second-order valence-corrected chi connectivity index (χ2v) is 8.01. The van der Waals surface area contributed by atoms with Crippen LogP contribution in [0.1, 0.15) is 32.0 Å². The number of amides is 1. The maximum absolute atomic E-state index is 12.1. The largest absolute Gasteiger partial charge is 0.442 e. The van der Waals surface area contributed by atoms with Crippen molar-refractivity contribution in [2.75, 3.05) is 31.1 Å². The zero-order chi connectivity index (χ0) is 17.3. The molecule has 1 fully saturated rings. The predicted octanol–water partition coefficient (Wildman–Crippen LogP) is 3.40. The molecule has 7 heteroatoms. The van der Waals surface area contributed by atoms with Gasteiger partial charge in [0, 0.05) is 28.7 Å². The molecule has 0 saturated carbocycles. The topological polar surface area (TPSA) is 54.9 Å². The maximum Gasteiger partial charge on any atom is 0.434 e. The summed E-state index contributed by atoms with van der Waals surface area (Å²) in [6.07, 6.45) is 4.57. The normalized spacial score (nSPS) is 18.1. The third kappa shape index (κ3) is 4.00. The fourth-order valence-electron chi connectivity index (χ4n) is 2.68. The number of rotatable bonds is 1. The molecule has 1 amide bonds. The van der Waals surface area contributed by atoms with Gasteiger partial charge in [0.05, 0.1) is 30.7 Å². The molecule has 1 saturated heterocycles. The highest BCUT2D eigenvalue weighted by atomic mass is 127. The Morgan fingerprint density at radius 1 is 1.33 bits per heavy atom. The number of carbonyl (C=O) groups is 1. The van der Waals surface area contributed by atoms with Crippen molar-refractivity contribution in [2.45, 2.75) is 32.8 Å². The summed E-state index contributed by atoms with van der Waals surface area (Å²) in [6.45, 7) is 7.82. The third-order valence-electron chi connectivity index (χ3n) is 3.83. The van der Waals surface area contributed by atoms with Crippen molar-refractivity contribution in [3.05, 3.63) is 29.6 Å². The number of hydrogen-bond donors (Lipinski definition) is 0. The molecule has 3 rings (SSSR count). The van der Waals surface area contributed by atoms with E-state index < -0.39 is 11.7 Å². The lowest BCUT2D eigenvalue weighted by Gasteiger charge is -2.25. The van der Waals surface area contributed by atoms with Crippen LogP contribution in [0.5, 0.6) is 0 Å².